The van der Waals surface area contributed by atoms with Crippen molar-refractivity contribution in [3.63, 3.8) is 0 Å². The monoisotopic (exact) mass is 372 g/mol. The third kappa shape index (κ3) is 3.24. The molecule has 0 fully saturated rings. The van der Waals surface area contributed by atoms with Gasteiger partial charge in [-0.1, -0.05) is 30.3 Å². The highest BCUT2D eigenvalue weighted by Gasteiger charge is 2.17. The number of benzene rings is 2. The first-order chi connectivity index (χ1) is 13.6. The Morgan fingerprint density at radius 3 is 2.32 bits per heavy atom. The summed E-state index contributed by atoms with van der Waals surface area (Å²) >= 11 is 0. The molecule has 0 atom stereocenters. The summed E-state index contributed by atoms with van der Waals surface area (Å²) in [6, 6.07) is 15.9. The van der Waals surface area contributed by atoms with E-state index in [9.17, 15) is 4.79 Å². The van der Waals surface area contributed by atoms with Gasteiger partial charge in [0.05, 0.1) is 5.69 Å². The van der Waals surface area contributed by atoms with Crippen LogP contribution in [0, 0.1) is 13.8 Å². The van der Waals surface area contributed by atoms with Gasteiger partial charge in [-0.2, -0.15) is 5.10 Å². The molecule has 0 aliphatic heterocycles. The van der Waals surface area contributed by atoms with Gasteiger partial charge in [0.1, 0.15) is 12.0 Å². The molecule has 6 heteroatoms. The van der Waals surface area contributed by atoms with E-state index in [0.717, 1.165) is 39.8 Å². The second-order valence-electron chi connectivity index (χ2n) is 6.78. The van der Waals surface area contributed by atoms with E-state index in [-0.39, 0.29) is 0 Å². The first kappa shape index (κ1) is 17.9. The minimum atomic E-state index is 0.375. The van der Waals surface area contributed by atoms with Crippen LogP contribution in [-0.2, 0) is 18.3 Å². The lowest BCUT2D eigenvalue weighted by Crippen LogP contribution is -1.96. The molecule has 4 aromatic rings. The fourth-order valence-corrected chi connectivity index (χ4v) is 3.42. The smallest absolute Gasteiger partial charge is 0.268 e. The number of carbonyl (C=O) groups excluding carboxylic acids is 1. The Morgan fingerprint density at radius 2 is 1.64 bits per heavy atom. The topological polar surface area (TPSA) is 73.8 Å². The molecule has 0 radical (unpaired) electrons. The molecule has 2 aromatic carbocycles. The Morgan fingerprint density at radius 1 is 0.964 bits per heavy atom. The first-order valence-electron chi connectivity index (χ1n) is 9.04. The number of nitrogens with zero attached hydrogens (tertiary/aromatic N) is 4. The van der Waals surface area contributed by atoms with Gasteiger partial charge in [-0.3, -0.25) is 4.68 Å². The standard InChI is InChI=1S/C22H20N4O2/c1-14-11-17(12-15(2)18(14)9-10-27)21-23-24-22(28-21)19-13-20(26(3)25-19)16-7-5-4-6-8-16/h4-8,10-13H,9H2,1-3H3. The average Bonchev–Trinajstić information content (AvgIpc) is 3.32. The second kappa shape index (κ2) is 7.23. The summed E-state index contributed by atoms with van der Waals surface area (Å²) in [5, 5.41) is 12.9. The van der Waals surface area contributed by atoms with Crippen LogP contribution >= 0.6 is 0 Å². The summed E-state index contributed by atoms with van der Waals surface area (Å²) in [6.07, 6.45) is 1.33. The molecule has 4 rings (SSSR count). The minimum absolute atomic E-state index is 0.375. The normalized spacial score (nSPS) is 11.0. The molecule has 0 aliphatic rings. The van der Waals surface area contributed by atoms with Crippen LogP contribution in [0.5, 0.6) is 0 Å². The lowest BCUT2D eigenvalue weighted by Gasteiger charge is -2.08. The maximum atomic E-state index is 10.9. The molecule has 0 spiro atoms. The summed E-state index contributed by atoms with van der Waals surface area (Å²) in [5.41, 5.74) is 6.61. The van der Waals surface area contributed by atoms with E-state index in [1.54, 1.807) is 4.68 Å². The van der Waals surface area contributed by atoms with Crippen LogP contribution in [0.4, 0.5) is 0 Å². The van der Waals surface area contributed by atoms with E-state index in [1.165, 1.54) is 0 Å². The van der Waals surface area contributed by atoms with E-state index >= 15 is 0 Å². The summed E-state index contributed by atoms with van der Waals surface area (Å²) in [6.45, 7) is 3.97. The largest absolute Gasteiger partial charge is 0.415 e. The molecule has 0 saturated carbocycles. The van der Waals surface area contributed by atoms with Crippen LogP contribution in [-0.4, -0.2) is 26.3 Å². The van der Waals surface area contributed by atoms with E-state index in [4.69, 9.17) is 4.42 Å². The van der Waals surface area contributed by atoms with Gasteiger partial charge in [0.25, 0.3) is 5.89 Å². The Bertz CT molecular complexity index is 1120. The zero-order chi connectivity index (χ0) is 19.7. The first-order valence-corrected chi connectivity index (χ1v) is 9.04. The maximum Gasteiger partial charge on any atom is 0.268 e. The third-order valence-corrected chi connectivity index (χ3v) is 4.82. The molecule has 0 N–H and O–H groups in total. The van der Waals surface area contributed by atoms with Crippen LogP contribution in [0.3, 0.4) is 0 Å². The second-order valence-corrected chi connectivity index (χ2v) is 6.78. The molecule has 2 heterocycles. The van der Waals surface area contributed by atoms with E-state index < -0.39 is 0 Å². The molecule has 2 aromatic heterocycles. The van der Waals surface area contributed by atoms with Gasteiger partial charge < -0.3 is 9.21 Å². The van der Waals surface area contributed by atoms with Crippen molar-refractivity contribution in [3.05, 3.63) is 65.2 Å². The summed E-state index contributed by atoms with van der Waals surface area (Å²) in [5.74, 6) is 0.811. The van der Waals surface area contributed by atoms with Gasteiger partial charge in [0, 0.05) is 19.0 Å². The van der Waals surface area contributed by atoms with Crippen molar-refractivity contribution < 1.29 is 9.21 Å². The molecule has 0 amide bonds. The van der Waals surface area contributed by atoms with Crippen molar-refractivity contribution in [1.29, 1.82) is 0 Å². The average molecular weight is 372 g/mol. The molecule has 0 bridgehead atoms. The number of aromatic nitrogens is 4. The quantitative estimate of drug-likeness (QED) is 0.492. The van der Waals surface area contributed by atoms with Crippen LogP contribution in [0.1, 0.15) is 16.7 Å². The molecule has 6 nitrogen and oxygen atoms in total. The fraction of sp³-hybridized carbons (Fsp3) is 0.182. The highest BCUT2D eigenvalue weighted by Crippen LogP contribution is 2.29. The number of hydrogen-bond donors (Lipinski definition) is 0. The number of aldehydes is 1. The zero-order valence-corrected chi connectivity index (χ0v) is 16.0. The van der Waals surface area contributed by atoms with Gasteiger partial charge in [-0.25, -0.2) is 0 Å². The van der Waals surface area contributed by atoms with Crippen molar-refractivity contribution in [2.45, 2.75) is 20.3 Å². The van der Waals surface area contributed by atoms with E-state index in [2.05, 4.69) is 15.3 Å². The summed E-state index contributed by atoms with van der Waals surface area (Å²) < 4.78 is 7.70. The van der Waals surface area contributed by atoms with Crippen LogP contribution in [0.2, 0.25) is 0 Å². The Balaban J connectivity index is 1.68. The van der Waals surface area contributed by atoms with Crippen molar-refractivity contribution in [2.24, 2.45) is 7.05 Å². The number of rotatable bonds is 5. The molecule has 0 aliphatic carbocycles. The van der Waals surface area contributed by atoms with Gasteiger partial charge in [-0.15, -0.1) is 10.2 Å². The van der Waals surface area contributed by atoms with Crippen LogP contribution in [0.15, 0.2) is 52.9 Å². The zero-order valence-electron chi connectivity index (χ0n) is 16.0. The lowest BCUT2D eigenvalue weighted by atomic mass is 9.97. The van der Waals surface area contributed by atoms with Crippen molar-refractivity contribution in [3.8, 4) is 34.3 Å². The number of aryl methyl sites for hydroxylation is 3. The van der Waals surface area contributed by atoms with Crippen LogP contribution in [0.25, 0.3) is 34.3 Å². The Kier molecular flexibility index (Phi) is 4.61. The van der Waals surface area contributed by atoms with Gasteiger partial charge in [0.2, 0.25) is 5.89 Å². The number of carbonyl (C=O) groups is 1. The molecule has 28 heavy (non-hydrogen) atoms. The van der Waals surface area contributed by atoms with Crippen LogP contribution < -0.4 is 0 Å². The number of hydrogen-bond acceptors (Lipinski definition) is 5. The van der Waals surface area contributed by atoms with E-state index in [1.807, 2.05) is 69.4 Å². The predicted molar refractivity (Wildman–Crippen MR) is 107 cm³/mol. The summed E-state index contributed by atoms with van der Waals surface area (Å²) in [7, 11) is 1.89. The minimum Gasteiger partial charge on any atom is -0.415 e. The van der Waals surface area contributed by atoms with Gasteiger partial charge in [-0.05, 0) is 54.3 Å². The highest BCUT2D eigenvalue weighted by molar-refractivity contribution is 5.66. The highest BCUT2D eigenvalue weighted by atomic mass is 16.4. The van der Waals surface area contributed by atoms with Gasteiger partial charge in [0.15, 0.2) is 0 Å². The SMILES string of the molecule is Cc1cc(-c2nnc(-c3cc(-c4ccccc4)n(C)n3)o2)cc(C)c1CC=O. The van der Waals surface area contributed by atoms with Crippen molar-refractivity contribution >= 4 is 6.29 Å². The Labute approximate surface area is 162 Å². The molecule has 140 valence electrons. The van der Waals surface area contributed by atoms with Crippen molar-refractivity contribution in [2.75, 3.05) is 0 Å². The predicted octanol–water partition coefficient (Wildman–Crippen LogP) is 4.16. The summed E-state index contributed by atoms with van der Waals surface area (Å²) in [4.78, 5) is 10.9. The lowest BCUT2D eigenvalue weighted by molar-refractivity contribution is -0.107. The van der Waals surface area contributed by atoms with Crippen molar-refractivity contribution in [1.82, 2.24) is 20.0 Å². The molecular weight excluding hydrogens is 352 g/mol. The fourth-order valence-electron chi connectivity index (χ4n) is 3.42. The molecule has 0 unspecified atom stereocenters. The Hall–Kier alpha value is -3.54. The van der Waals surface area contributed by atoms with Gasteiger partial charge >= 0.3 is 0 Å². The molecular formula is C22H20N4O2. The third-order valence-electron chi connectivity index (χ3n) is 4.82. The van der Waals surface area contributed by atoms with E-state index in [0.29, 0.717) is 23.9 Å². The molecule has 0 saturated heterocycles. The maximum absolute atomic E-state index is 10.9.